The highest BCUT2D eigenvalue weighted by atomic mass is 79.9. The lowest BCUT2D eigenvalue weighted by Gasteiger charge is -2.04. The summed E-state index contributed by atoms with van der Waals surface area (Å²) in [4.78, 5) is 0. The van der Waals surface area contributed by atoms with Gasteiger partial charge in [-0.2, -0.15) is 0 Å². The van der Waals surface area contributed by atoms with Crippen LogP contribution in [-0.2, 0) is 0 Å². The van der Waals surface area contributed by atoms with Crippen molar-refractivity contribution in [2.45, 2.75) is 0 Å². The fraction of sp³-hybridized carbons (Fsp3) is 0. The van der Waals surface area contributed by atoms with Crippen LogP contribution in [0.1, 0.15) is 0 Å². The van der Waals surface area contributed by atoms with Crippen LogP contribution in [0.3, 0.4) is 0 Å². The molecule has 0 amide bonds. The molecular formula is C6H5BrN2S. The molecule has 2 nitrogen and oxygen atoms in total. The number of halogens is 1. The summed E-state index contributed by atoms with van der Waals surface area (Å²) < 4.78 is 4.43. The van der Waals surface area contributed by atoms with Crippen molar-refractivity contribution in [3.63, 3.8) is 0 Å². The smallest absolute Gasteiger partial charge is 0.110 e. The molecule has 1 aliphatic carbocycles. The molecule has 4 heteroatoms. The molecule has 0 saturated carbocycles. The first-order chi connectivity index (χ1) is 4.75. The highest BCUT2D eigenvalue weighted by molar-refractivity contribution is 9.12. The van der Waals surface area contributed by atoms with Crippen molar-refractivity contribution in [1.82, 2.24) is 0 Å². The second-order valence-corrected chi connectivity index (χ2v) is 2.79. The highest BCUT2D eigenvalue weighted by Gasteiger charge is 2.09. The minimum Gasteiger partial charge on any atom is -0.299 e. The topological polar surface area (TPSA) is 36.2 Å². The van der Waals surface area contributed by atoms with E-state index in [2.05, 4.69) is 33.1 Å². The van der Waals surface area contributed by atoms with E-state index in [9.17, 15) is 0 Å². The first-order valence-electron chi connectivity index (χ1n) is 2.61. The number of nitrogens with one attached hydrogen (secondary N) is 1. The van der Waals surface area contributed by atoms with Crippen molar-refractivity contribution in [3.05, 3.63) is 22.7 Å². The standard InChI is InChI=1S/C6H5BrN2S/c7-4-2-1-3-5(8)6(4)9-10/h1-3,8,10H/b8-5?,9-6-. The quantitative estimate of drug-likeness (QED) is 0.460. The highest BCUT2D eigenvalue weighted by Crippen LogP contribution is 2.14. The van der Waals surface area contributed by atoms with E-state index in [4.69, 9.17) is 5.41 Å². The third-order valence-corrected chi connectivity index (χ3v) is 1.93. The zero-order valence-corrected chi connectivity index (χ0v) is 7.48. The molecule has 0 aromatic heterocycles. The van der Waals surface area contributed by atoms with Crippen molar-refractivity contribution >= 4 is 40.2 Å². The minimum absolute atomic E-state index is 0.379. The first-order valence-corrected chi connectivity index (χ1v) is 3.80. The van der Waals surface area contributed by atoms with E-state index in [0.717, 1.165) is 4.48 Å². The van der Waals surface area contributed by atoms with Crippen LogP contribution in [0, 0.1) is 5.41 Å². The first kappa shape index (κ1) is 7.75. The van der Waals surface area contributed by atoms with Crippen molar-refractivity contribution < 1.29 is 0 Å². The molecule has 0 heterocycles. The Morgan fingerprint density at radius 1 is 1.60 bits per heavy atom. The average molecular weight is 217 g/mol. The summed E-state index contributed by atoms with van der Waals surface area (Å²) in [5, 5.41) is 7.34. The monoisotopic (exact) mass is 216 g/mol. The lowest BCUT2D eigenvalue weighted by molar-refractivity contribution is 1.54. The molecule has 1 N–H and O–H groups in total. The van der Waals surface area contributed by atoms with Gasteiger partial charge in [-0.3, -0.25) is 5.41 Å². The molecule has 0 spiro atoms. The molecule has 1 aliphatic rings. The van der Waals surface area contributed by atoms with Crippen LogP contribution < -0.4 is 0 Å². The van der Waals surface area contributed by atoms with E-state index in [1.54, 1.807) is 12.2 Å². The third kappa shape index (κ3) is 1.38. The van der Waals surface area contributed by atoms with Gasteiger partial charge in [-0.1, -0.05) is 6.08 Å². The Morgan fingerprint density at radius 3 is 2.70 bits per heavy atom. The summed E-state index contributed by atoms with van der Waals surface area (Å²) in [6, 6.07) is 0. The van der Waals surface area contributed by atoms with Crippen molar-refractivity contribution in [2.75, 3.05) is 0 Å². The van der Waals surface area contributed by atoms with Gasteiger partial charge < -0.3 is 0 Å². The summed E-state index contributed by atoms with van der Waals surface area (Å²) in [6.07, 6.45) is 5.28. The Kier molecular flexibility index (Phi) is 2.45. The largest absolute Gasteiger partial charge is 0.299 e. The Hall–Kier alpha value is -0.350. The van der Waals surface area contributed by atoms with Crippen LogP contribution in [0.5, 0.6) is 0 Å². The Labute approximate surface area is 72.9 Å². The number of rotatable bonds is 0. The number of nitrogens with zero attached hydrogens (tertiary/aromatic N) is 1. The third-order valence-electron chi connectivity index (χ3n) is 1.09. The lowest BCUT2D eigenvalue weighted by atomic mass is 10.1. The van der Waals surface area contributed by atoms with Crippen LogP contribution in [0.2, 0.25) is 0 Å². The molecule has 0 bridgehead atoms. The molecule has 0 radical (unpaired) electrons. The van der Waals surface area contributed by atoms with Gasteiger partial charge in [-0.05, 0) is 40.9 Å². The Morgan fingerprint density at radius 2 is 2.30 bits per heavy atom. The molecule has 0 aromatic rings. The van der Waals surface area contributed by atoms with Crippen LogP contribution in [-0.4, -0.2) is 11.4 Å². The number of hydrogen-bond acceptors (Lipinski definition) is 3. The van der Waals surface area contributed by atoms with Gasteiger partial charge >= 0.3 is 0 Å². The van der Waals surface area contributed by atoms with Crippen LogP contribution in [0.4, 0.5) is 0 Å². The van der Waals surface area contributed by atoms with E-state index in [1.807, 2.05) is 6.08 Å². The predicted octanol–water partition coefficient (Wildman–Crippen LogP) is 2.14. The van der Waals surface area contributed by atoms with Crippen LogP contribution >= 0.6 is 28.7 Å². The maximum Gasteiger partial charge on any atom is 0.110 e. The molecule has 0 fully saturated rings. The zero-order chi connectivity index (χ0) is 7.56. The summed E-state index contributed by atoms with van der Waals surface area (Å²) in [5.41, 5.74) is 0.954. The van der Waals surface area contributed by atoms with E-state index in [0.29, 0.717) is 11.4 Å². The summed E-state index contributed by atoms with van der Waals surface area (Å²) >= 11 is 6.97. The average Bonchev–Trinajstić information content (AvgIpc) is 1.88. The van der Waals surface area contributed by atoms with Crippen LogP contribution in [0.25, 0.3) is 0 Å². The number of thiol groups is 1. The molecule has 0 unspecified atom stereocenters. The van der Waals surface area contributed by atoms with Gasteiger partial charge in [0.2, 0.25) is 0 Å². The van der Waals surface area contributed by atoms with Gasteiger partial charge in [0, 0.05) is 4.48 Å². The van der Waals surface area contributed by atoms with E-state index >= 15 is 0 Å². The molecular weight excluding hydrogens is 212 g/mol. The summed E-state index contributed by atoms with van der Waals surface area (Å²) in [6.45, 7) is 0. The van der Waals surface area contributed by atoms with Gasteiger partial charge in [0.05, 0.1) is 5.71 Å². The van der Waals surface area contributed by atoms with Gasteiger partial charge in [0.15, 0.2) is 0 Å². The number of allylic oxidation sites excluding steroid dienone is 4. The Balaban J connectivity index is 3.04. The SMILES string of the molecule is N=C1C=CC=C(Br)/C1=N/S. The van der Waals surface area contributed by atoms with Gasteiger partial charge in [-0.25, -0.2) is 4.40 Å². The molecule has 0 saturated heterocycles. The van der Waals surface area contributed by atoms with E-state index in [1.165, 1.54) is 0 Å². The Bertz CT molecular complexity index is 252. The van der Waals surface area contributed by atoms with Gasteiger partial charge in [0.1, 0.15) is 5.71 Å². The molecule has 0 aliphatic heterocycles. The second-order valence-electron chi connectivity index (χ2n) is 1.74. The zero-order valence-electron chi connectivity index (χ0n) is 5.00. The lowest BCUT2D eigenvalue weighted by Crippen LogP contribution is -2.11. The van der Waals surface area contributed by atoms with Crippen LogP contribution in [0.15, 0.2) is 27.1 Å². The maximum atomic E-state index is 7.34. The maximum absolute atomic E-state index is 7.34. The molecule has 10 heavy (non-hydrogen) atoms. The molecule has 52 valence electrons. The normalized spacial score (nSPS) is 21.6. The minimum atomic E-state index is 0.379. The molecule has 0 atom stereocenters. The van der Waals surface area contributed by atoms with Gasteiger partial charge in [-0.15, -0.1) is 0 Å². The van der Waals surface area contributed by atoms with E-state index in [-0.39, 0.29) is 0 Å². The summed E-state index contributed by atoms with van der Waals surface area (Å²) in [5.74, 6) is 0. The predicted molar refractivity (Wildman–Crippen MR) is 50.3 cm³/mol. The number of hydrogen-bond donors (Lipinski definition) is 2. The van der Waals surface area contributed by atoms with Crippen molar-refractivity contribution in [3.8, 4) is 0 Å². The molecule has 0 aromatic carbocycles. The fourth-order valence-electron chi connectivity index (χ4n) is 0.617. The van der Waals surface area contributed by atoms with Crippen molar-refractivity contribution in [1.29, 1.82) is 5.41 Å². The van der Waals surface area contributed by atoms with E-state index < -0.39 is 0 Å². The molecule has 1 rings (SSSR count). The van der Waals surface area contributed by atoms with Crippen molar-refractivity contribution in [2.24, 2.45) is 4.40 Å². The van der Waals surface area contributed by atoms with Gasteiger partial charge in [0.25, 0.3) is 0 Å². The second kappa shape index (κ2) is 3.16. The summed E-state index contributed by atoms with van der Waals surface area (Å²) in [7, 11) is 0. The fourth-order valence-corrected chi connectivity index (χ4v) is 1.42.